The van der Waals surface area contributed by atoms with Gasteiger partial charge in [0.15, 0.2) is 0 Å². The van der Waals surface area contributed by atoms with E-state index in [0.717, 1.165) is 12.0 Å². The van der Waals surface area contributed by atoms with E-state index >= 15 is 0 Å². The molecule has 0 saturated heterocycles. The van der Waals surface area contributed by atoms with Gasteiger partial charge in [0, 0.05) is 31.1 Å². The van der Waals surface area contributed by atoms with Crippen LogP contribution in [0.5, 0.6) is 0 Å². The van der Waals surface area contributed by atoms with Crippen molar-refractivity contribution in [2.75, 3.05) is 7.05 Å². The molecule has 0 bridgehead atoms. The summed E-state index contributed by atoms with van der Waals surface area (Å²) in [6, 6.07) is 7.63. The van der Waals surface area contributed by atoms with Gasteiger partial charge in [-0.2, -0.15) is 0 Å². The number of hydrogen-bond donors (Lipinski definition) is 1. The molecule has 0 spiro atoms. The van der Waals surface area contributed by atoms with E-state index in [1.165, 1.54) is 12.6 Å². The van der Waals surface area contributed by atoms with E-state index in [1.807, 2.05) is 24.3 Å². The molecule has 0 heterocycles. The van der Waals surface area contributed by atoms with Crippen LogP contribution in [-0.4, -0.2) is 15.5 Å². The summed E-state index contributed by atoms with van der Waals surface area (Å²) in [7, 11) is -1.72. The minimum atomic E-state index is -3.14. The maximum Gasteiger partial charge on any atom is 0.215 e. The summed E-state index contributed by atoms with van der Waals surface area (Å²) in [5.41, 5.74) is 2.03. The molecule has 1 aromatic carbocycles. The molecule has 1 rings (SSSR count). The average molecular weight is 466 g/mol. The van der Waals surface area contributed by atoms with Crippen LogP contribution in [0.25, 0.3) is 0 Å². The summed E-state index contributed by atoms with van der Waals surface area (Å²) >= 11 is 0. The number of sulfonamides is 1. The Bertz CT molecular complexity index is 387. The first kappa shape index (κ1) is 18.5. The van der Waals surface area contributed by atoms with Gasteiger partial charge in [0.1, 0.15) is 0 Å². The van der Waals surface area contributed by atoms with Gasteiger partial charge in [-0.15, -0.1) is 0 Å². The van der Waals surface area contributed by atoms with Crippen molar-refractivity contribution in [1.82, 2.24) is 4.72 Å². The number of nitrogens with one attached hydrogen (secondary N) is 1. The molecule has 0 saturated carbocycles. The van der Waals surface area contributed by atoms with Crippen molar-refractivity contribution < 1.29 is 39.5 Å². The molecule has 0 fully saturated rings. The summed E-state index contributed by atoms with van der Waals surface area (Å²) in [4.78, 5) is 0. The second kappa shape index (κ2) is 8.30. The first-order valence-corrected chi connectivity index (χ1v) is 6.21. The third kappa shape index (κ3) is 6.05. The van der Waals surface area contributed by atoms with Gasteiger partial charge in [-0.25, -0.2) is 13.1 Å². The molecule has 0 aromatic heterocycles. The molecule has 0 aliphatic rings. The van der Waals surface area contributed by atoms with Gasteiger partial charge in [-0.3, -0.25) is 0 Å². The van der Waals surface area contributed by atoms with Crippen LogP contribution in [-0.2, 0) is 22.2 Å². The number of rotatable bonds is 4. The van der Waals surface area contributed by atoms with Gasteiger partial charge in [0.2, 0.25) is 10.0 Å². The fourth-order valence-corrected chi connectivity index (χ4v) is 1.94. The molecular formula is C11H18NO2SU-. The summed E-state index contributed by atoms with van der Waals surface area (Å²) in [6.07, 6.45) is 0.971. The Morgan fingerprint density at radius 1 is 1.12 bits per heavy atom. The Labute approximate surface area is 122 Å². The minimum Gasteiger partial charge on any atom is -0.358 e. The molecule has 1 aromatic rings. The molecular weight excluding hydrogens is 448 g/mol. The van der Waals surface area contributed by atoms with Gasteiger partial charge >= 0.3 is 0 Å². The summed E-state index contributed by atoms with van der Waals surface area (Å²) in [5.74, 6) is 0.0491. The minimum absolute atomic E-state index is 0. The third-order valence-electron chi connectivity index (χ3n) is 2.10. The van der Waals surface area contributed by atoms with Crippen molar-refractivity contribution in [3.8, 4) is 0 Å². The smallest absolute Gasteiger partial charge is 0.215 e. The molecule has 0 aliphatic heterocycles. The number of benzene rings is 1. The van der Waals surface area contributed by atoms with Crippen LogP contribution in [0.3, 0.4) is 0 Å². The average Bonchev–Trinajstić information content (AvgIpc) is 2.19. The first-order chi connectivity index (χ1) is 6.57. The maximum absolute atomic E-state index is 11.2. The molecule has 16 heavy (non-hydrogen) atoms. The normalized spacial score (nSPS) is 10.1. The zero-order chi connectivity index (χ0) is 10.6. The zero-order valence-corrected chi connectivity index (χ0v) is 14.9. The number of hydrogen-bond acceptors (Lipinski definition) is 2. The first-order valence-electron chi connectivity index (χ1n) is 4.56. The third-order valence-corrected chi connectivity index (χ3v) is 3.43. The molecule has 1 N–H and O–H groups in total. The van der Waals surface area contributed by atoms with Gasteiger partial charge in [-0.1, -0.05) is 31.2 Å². The van der Waals surface area contributed by atoms with Crippen LogP contribution >= 0.6 is 0 Å². The van der Waals surface area contributed by atoms with Crippen LogP contribution < -0.4 is 4.72 Å². The summed E-state index contributed by atoms with van der Waals surface area (Å²) in [5, 5.41) is 0. The van der Waals surface area contributed by atoms with Crippen molar-refractivity contribution >= 4 is 10.0 Å². The molecule has 0 aliphatic carbocycles. The van der Waals surface area contributed by atoms with E-state index in [1.54, 1.807) is 0 Å². The molecule has 0 radical (unpaired) electrons. The summed E-state index contributed by atoms with van der Waals surface area (Å²) in [6.45, 7) is 2.07. The standard InChI is InChI=1S/C10H15NO2S.CH3.U/c1-3-9-4-6-10(7-5-9)8-14(12,13)11-2;;/h4-7,11H,3,8H2,1-2H3;1H3;/q;-1;. The summed E-state index contributed by atoms with van der Waals surface area (Å²) < 4.78 is 24.7. The second-order valence-corrected chi connectivity index (χ2v) is 5.06. The van der Waals surface area contributed by atoms with Crippen molar-refractivity contribution in [2.24, 2.45) is 0 Å². The Balaban J connectivity index is 0. The van der Waals surface area contributed by atoms with E-state index in [0.29, 0.717) is 0 Å². The van der Waals surface area contributed by atoms with Crippen LogP contribution in [0.1, 0.15) is 18.1 Å². The van der Waals surface area contributed by atoms with Gasteiger partial charge in [0.05, 0.1) is 5.75 Å². The van der Waals surface area contributed by atoms with Gasteiger partial charge < -0.3 is 7.43 Å². The Morgan fingerprint density at radius 2 is 1.56 bits per heavy atom. The van der Waals surface area contributed by atoms with Crippen LogP contribution in [0.4, 0.5) is 0 Å². The Morgan fingerprint density at radius 3 is 1.94 bits per heavy atom. The molecule has 5 heteroatoms. The molecule has 90 valence electrons. The van der Waals surface area contributed by atoms with Crippen LogP contribution in [0, 0.1) is 38.5 Å². The maximum atomic E-state index is 11.2. The predicted molar refractivity (Wildman–Crippen MR) is 63.9 cm³/mol. The van der Waals surface area contributed by atoms with Gasteiger partial charge in [-0.05, 0) is 24.6 Å². The molecule has 0 amide bonds. The molecule has 3 nitrogen and oxygen atoms in total. The van der Waals surface area contributed by atoms with Crippen molar-refractivity contribution in [3.63, 3.8) is 0 Å². The SMILES string of the molecule is CCc1ccc(CS(=O)(=O)NC)cc1.[CH3-].[U]. The van der Waals surface area contributed by atoms with E-state index in [2.05, 4.69) is 11.6 Å². The van der Waals surface area contributed by atoms with Crippen LogP contribution in [0.15, 0.2) is 24.3 Å². The second-order valence-electron chi connectivity index (χ2n) is 3.13. The van der Waals surface area contributed by atoms with Crippen molar-refractivity contribution in [2.45, 2.75) is 19.1 Å². The topological polar surface area (TPSA) is 46.2 Å². The van der Waals surface area contributed by atoms with Crippen molar-refractivity contribution in [3.05, 3.63) is 42.8 Å². The molecule has 0 unspecified atom stereocenters. The van der Waals surface area contributed by atoms with E-state index in [-0.39, 0.29) is 44.3 Å². The quantitative estimate of drug-likeness (QED) is 0.688. The largest absolute Gasteiger partial charge is 0.358 e. The van der Waals surface area contributed by atoms with E-state index in [4.69, 9.17) is 0 Å². The van der Waals surface area contributed by atoms with E-state index < -0.39 is 10.0 Å². The zero-order valence-electron chi connectivity index (χ0n) is 9.95. The monoisotopic (exact) mass is 466 g/mol. The van der Waals surface area contributed by atoms with E-state index in [9.17, 15) is 8.42 Å². The van der Waals surface area contributed by atoms with Crippen molar-refractivity contribution in [1.29, 1.82) is 0 Å². The number of aryl methyl sites for hydroxylation is 1. The fourth-order valence-electron chi connectivity index (χ4n) is 1.16. The van der Waals surface area contributed by atoms with Crippen LogP contribution in [0.2, 0.25) is 0 Å². The fraction of sp³-hybridized carbons (Fsp3) is 0.364. The molecule has 0 atom stereocenters. The predicted octanol–water partition coefficient (Wildman–Crippen LogP) is 1.75. The Hall–Kier alpha value is 0.182. The van der Waals surface area contributed by atoms with Gasteiger partial charge in [0.25, 0.3) is 0 Å². The Kier molecular flexibility index (Phi) is 9.62.